The fourth-order valence-corrected chi connectivity index (χ4v) is 2.31. The first-order chi connectivity index (χ1) is 12.7. The molecule has 2 aromatic carbocycles. The van der Waals surface area contributed by atoms with Gasteiger partial charge in [0.15, 0.2) is 5.82 Å². The lowest BCUT2D eigenvalue weighted by Crippen LogP contribution is -2.13. The highest BCUT2D eigenvalue weighted by molar-refractivity contribution is 5.55. The SMILES string of the molecule is COc1ccc(OCCNc2cnnc(Nc3cccc(C)c3)n2)cc1. The lowest BCUT2D eigenvalue weighted by atomic mass is 10.2. The highest BCUT2D eigenvalue weighted by Crippen LogP contribution is 2.17. The van der Waals surface area contributed by atoms with Gasteiger partial charge in [-0.25, -0.2) is 0 Å². The molecule has 3 aromatic rings. The van der Waals surface area contributed by atoms with Crippen LogP contribution in [0.2, 0.25) is 0 Å². The van der Waals surface area contributed by atoms with Crippen molar-refractivity contribution < 1.29 is 9.47 Å². The summed E-state index contributed by atoms with van der Waals surface area (Å²) < 4.78 is 10.8. The molecule has 0 aliphatic heterocycles. The third kappa shape index (κ3) is 5.07. The van der Waals surface area contributed by atoms with Gasteiger partial charge in [-0.05, 0) is 48.9 Å². The minimum atomic E-state index is 0.441. The van der Waals surface area contributed by atoms with Crippen molar-refractivity contribution in [2.24, 2.45) is 0 Å². The van der Waals surface area contributed by atoms with Crippen LogP contribution in [0.5, 0.6) is 11.5 Å². The predicted molar refractivity (Wildman–Crippen MR) is 101 cm³/mol. The van der Waals surface area contributed by atoms with Gasteiger partial charge in [0.2, 0.25) is 5.95 Å². The van der Waals surface area contributed by atoms with Crippen LogP contribution in [0.4, 0.5) is 17.5 Å². The summed E-state index contributed by atoms with van der Waals surface area (Å²) in [5.74, 6) is 2.66. The minimum Gasteiger partial charge on any atom is -0.497 e. The van der Waals surface area contributed by atoms with E-state index in [0.29, 0.717) is 24.9 Å². The van der Waals surface area contributed by atoms with Gasteiger partial charge in [0.1, 0.15) is 18.1 Å². The van der Waals surface area contributed by atoms with E-state index in [2.05, 4.69) is 25.8 Å². The Kier molecular flexibility index (Phi) is 5.82. The van der Waals surface area contributed by atoms with Crippen molar-refractivity contribution >= 4 is 17.5 Å². The summed E-state index contributed by atoms with van der Waals surface area (Å²) >= 11 is 0. The molecule has 7 heteroatoms. The minimum absolute atomic E-state index is 0.441. The van der Waals surface area contributed by atoms with Crippen LogP contribution in [0.15, 0.2) is 54.7 Å². The third-order valence-corrected chi connectivity index (χ3v) is 3.57. The number of aryl methyl sites for hydroxylation is 1. The molecular weight excluding hydrogens is 330 g/mol. The van der Waals surface area contributed by atoms with Crippen LogP contribution in [0.1, 0.15) is 5.56 Å². The zero-order chi connectivity index (χ0) is 18.2. The van der Waals surface area contributed by atoms with E-state index >= 15 is 0 Å². The summed E-state index contributed by atoms with van der Waals surface area (Å²) in [6.45, 7) is 3.12. The van der Waals surface area contributed by atoms with Crippen molar-refractivity contribution in [3.05, 3.63) is 60.3 Å². The Bertz CT molecular complexity index is 839. The molecule has 0 spiro atoms. The van der Waals surface area contributed by atoms with E-state index in [0.717, 1.165) is 22.7 Å². The van der Waals surface area contributed by atoms with Crippen LogP contribution in [0, 0.1) is 6.92 Å². The van der Waals surface area contributed by atoms with Crippen LogP contribution < -0.4 is 20.1 Å². The summed E-state index contributed by atoms with van der Waals surface area (Å²) in [6.07, 6.45) is 1.58. The first-order valence-corrected chi connectivity index (χ1v) is 8.27. The summed E-state index contributed by atoms with van der Waals surface area (Å²) in [5, 5.41) is 14.3. The second kappa shape index (κ2) is 8.66. The molecule has 1 heterocycles. The van der Waals surface area contributed by atoms with E-state index in [-0.39, 0.29) is 0 Å². The Hall–Kier alpha value is -3.35. The molecule has 2 N–H and O–H groups in total. The second-order valence-electron chi connectivity index (χ2n) is 5.61. The smallest absolute Gasteiger partial charge is 0.249 e. The largest absolute Gasteiger partial charge is 0.497 e. The molecule has 26 heavy (non-hydrogen) atoms. The van der Waals surface area contributed by atoms with E-state index in [4.69, 9.17) is 9.47 Å². The highest BCUT2D eigenvalue weighted by Gasteiger charge is 2.02. The van der Waals surface area contributed by atoms with E-state index in [1.165, 1.54) is 0 Å². The van der Waals surface area contributed by atoms with Crippen LogP contribution >= 0.6 is 0 Å². The summed E-state index contributed by atoms with van der Waals surface area (Å²) in [7, 11) is 1.64. The van der Waals surface area contributed by atoms with E-state index in [9.17, 15) is 0 Å². The topological polar surface area (TPSA) is 81.2 Å². The van der Waals surface area contributed by atoms with Gasteiger partial charge in [0.05, 0.1) is 19.9 Å². The van der Waals surface area contributed by atoms with Gasteiger partial charge in [-0.2, -0.15) is 10.1 Å². The lowest BCUT2D eigenvalue weighted by molar-refractivity contribution is 0.331. The van der Waals surface area contributed by atoms with Gasteiger partial charge < -0.3 is 20.1 Å². The number of methoxy groups -OCH3 is 1. The number of rotatable bonds is 8. The fraction of sp³-hybridized carbons (Fsp3) is 0.211. The molecule has 0 aliphatic rings. The van der Waals surface area contributed by atoms with Crippen LogP contribution in [-0.4, -0.2) is 35.4 Å². The molecule has 0 bridgehead atoms. The van der Waals surface area contributed by atoms with E-state index in [1.54, 1.807) is 13.3 Å². The number of ether oxygens (including phenoxy) is 2. The lowest BCUT2D eigenvalue weighted by Gasteiger charge is -2.09. The Morgan fingerprint density at radius 3 is 2.62 bits per heavy atom. The molecule has 0 aliphatic carbocycles. The Labute approximate surface area is 152 Å². The van der Waals surface area contributed by atoms with Crippen LogP contribution in [0.3, 0.4) is 0 Å². The Balaban J connectivity index is 1.49. The van der Waals surface area contributed by atoms with Gasteiger partial charge in [-0.1, -0.05) is 12.1 Å². The first-order valence-electron chi connectivity index (χ1n) is 8.27. The zero-order valence-electron chi connectivity index (χ0n) is 14.8. The molecule has 134 valence electrons. The maximum absolute atomic E-state index is 5.67. The van der Waals surface area contributed by atoms with Crippen molar-refractivity contribution in [1.82, 2.24) is 15.2 Å². The number of nitrogens with one attached hydrogen (secondary N) is 2. The Morgan fingerprint density at radius 1 is 1.04 bits per heavy atom. The first kappa shape index (κ1) is 17.5. The van der Waals surface area contributed by atoms with Crippen LogP contribution in [0.25, 0.3) is 0 Å². The molecule has 0 saturated carbocycles. The molecule has 0 fully saturated rings. The standard InChI is InChI=1S/C19H21N5O2/c1-14-4-3-5-15(12-14)22-19-23-18(13-21-24-19)20-10-11-26-17-8-6-16(25-2)7-9-17/h3-9,12-13H,10-11H2,1-2H3,(H2,20,22,23,24). The molecule has 3 rings (SSSR count). The van der Waals surface area contributed by atoms with Gasteiger partial charge in [0, 0.05) is 5.69 Å². The Morgan fingerprint density at radius 2 is 1.85 bits per heavy atom. The number of benzene rings is 2. The molecule has 0 atom stereocenters. The number of nitrogens with zero attached hydrogens (tertiary/aromatic N) is 3. The van der Waals surface area contributed by atoms with Gasteiger partial charge in [-0.15, -0.1) is 5.10 Å². The quantitative estimate of drug-likeness (QED) is 0.602. The van der Waals surface area contributed by atoms with Crippen LogP contribution in [-0.2, 0) is 0 Å². The highest BCUT2D eigenvalue weighted by atomic mass is 16.5. The zero-order valence-corrected chi connectivity index (χ0v) is 14.8. The van der Waals surface area contributed by atoms with Crippen molar-refractivity contribution in [3.8, 4) is 11.5 Å². The number of anilines is 3. The van der Waals surface area contributed by atoms with E-state index < -0.39 is 0 Å². The molecule has 7 nitrogen and oxygen atoms in total. The van der Waals surface area contributed by atoms with Crippen molar-refractivity contribution in [2.45, 2.75) is 6.92 Å². The molecule has 0 radical (unpaired) electrons. The maximum Gasteiger partial charge on any atom is 0.249 e. The summed E-state index contributed by atoms with van der Waals surface area (Å²) in [4.78, 5) is 4.40. The average Bonchev–Trinajstić information content (AvgIpc) is 2.66. The number of hydrogen-bond acceptors (Lipinski definition) is 7. The van der Waals surface area contributed by atoms with Gasteiger partial charge in [0.25, 0.3) is 0 Å². The van der Waals surface area contributed by atoms with Crippen molar-refractivity contribution in [1.29, 1.82) is 0 Å². The third-order valence-electron chi connectivity index (χ3n) is 3.57. The van der Waals surface area contributed by atoms with Crippen molar-refractivity contribution in [3.63, 3.8) is 0 Å². The molecule has 1 aromatic heterocycles. The van der Waals surface area contributed by atoms with Gasteiger partial charge in [-0.3, -0.25) is 0 Å². The number of aromatic nitrogens is 3. The molecule has 0 unspecified atom stereocenters. The second-order valence-corrected chi connectivity index (χ2v) is 5.61. The average molecular weight is 351 g/mol. The molecule has 0 amide bonds. The van der Waals surface area contributed by atoms with Crippen molar-refractivity contribution in [2.75, 3.05) is 30.9 Å². The molecule has 0 saturated heterocycles. The maximum atomic E-state index is 5.67. The summed E-state index contributed by atoms with van der Waals surface area (Å²) in [6, 6.07) is 15.4. The van der Waals surface area contributed by atoms with Gasteiger partial charge >= 0.3 is 0 Å². The molecular formula is C19H21N5O2. The number of hydrogen-bond donors (Lipinski definition) is 2. The normalized spacial score (nSPS) is 10.2. The fourth-order valence-electron chi connectivity index (χ4n) is 2.31. The monoisotopic (exact) mass is 351 g/mol. The predicted octanol–water partition coefficient (Wildman–Crippen LogP) is 3.42. The summed E-state index contributed by atoms with van der Waals surface area (Å²) in [5.41, 5.74) is 2.08. The van der Waals surface area contributed by atoms with E-state index in [1.807, 2.05) is 55.5 Å².